The van der Waals surface area contributed by atoms with Gasteiger partial charge in [-0.05, 0) is 38.5 Å². The van der Waals surface area contributed by atoms with Crippen LogP contribution >= 0.6 is 23.5 Å². The molecule has 2 atom stereocenters. The lowest BCUT2D eigenvalue weighted by molar-refractivity contribution is -0.140. The van der Waals surface area contributed by atoms with Crippen LogP contribution in [-0.4, -0.2) is 91.4 Å². The Balaban J connectivity index is 0.945. The van der Waals surface area contributed by atoms with Gasteiger partial charge in [0, 0.05) is 61.4 Å². The smallest absolute Gasteiger partial charge is 0.242 e. The van der Waals surface area contributed by atoms with Crippen molar-refractivity contribution in [1.29, 1.82) is 0 Å². The van der Waals surface area contributed by atoms with Crippen LogP contribution in [0, 0.1) is 0 Å². The van der Waals surface area contributed by atoms with Crippen LogP contribution < -0.4 is 10.6 Å². The largest absolute Gasteiger partial charge is 0.353 e. The summed E-state index contributed by atoms with van der Waals surface area (Å²) in [7, 11) is 0. The molecular weight excluding hydrogens is 540 g/mol. The molecule has 3 saturated carbocycles. The van der Waals surface area contributed by atoms with E-state index in [0.29, 0.717) is 23.3 Å². The molecule has 5 fully saturated rings. The number of amides is 6. The van der Waals surface area contributed by atoms with Gasteiger partial charge in [-0.2, -0.15) is 0 Å². The lowest BCUT2D eigenvalue weighted by atomic mass is 9.86. The zero-order valence-electron chi connectivity index (χ0n) is 22.2. The third kappa shape index (κ3) is 6.99. The standard InChI is InChI=1S/C27H38N4O6S2/c32-22(8-10-30-24(34)14-20(26(30)36)38-18-4-1-2-5-18)28-16-12-17(13-16)29-23(33)9-11-31-25(35)15-21(27(31)37)39-19-6-3-7-19/h16-21H,1-15H2,(H,28,32)(H,29,33). The summed E-state index contributed by atoms with van der Waals surface area (Å²) in [6.07, 6.45) is 9.76. The van der Waals surface area contributed by atoms with Gasteiger partial charge in [0.15, 0.2) is 0 Å². The van der Waals surface area contributed by atoms with Crippen LogP contribution in [0.2, 0.25) is 0 Å². The second-order valence-electron chi connectivity index (χ2n) is 11.4. The van der Waals surface area contributed by atoms with Gasteiger partial charge in [0.2, 0.25) is 35.4 Å². The molecule has 0 bridgehead atoms. The van der Waals surface area contributed by atoms with E-state index in [2.05, 4.69) is 10.6 Å². The third-order valence-electron chi connectivity index (χ3n) is 8.47. The first kappa shape index (κ1) is 28.4. The van der Waals surface area contributed by atoms with Crippen LogP contribution in [0.5, 0.6) is 0 Å². The normalized spacial score (nSPS) is 29.6. The first-order chi connectivity index (χ1) is 18.8. The Kier molecular flexibility index (Phi) is 9.20. The maximum atomic E-state index is 12.7. The molecule has 5 aliphatic rings. The molecule has 3 aliphatic carbocycles. The number of hydrogen-bond donors (Lipinski definition) is 2. The van der Waals surface area contributed by atoms with Crippen LogP contribution in [-0.2, 0) is 28.8 Å². The number of imide groups is 2. The number of thioether (sulfide) groups is 2. The molecule has 0 spiro atoms. The molecule has 2 aliphatic heterocycles. The first-order valence-corrected chi connectivity index (χ1v) is 16.2. The summed E-state index contributed by atoms with van der Waals surface area (Å²) < 4.78 is 0. The van der Waals surface area contributed by atoms with Crippen LogP contribution in [0.15, 0.2) is 0 Å². The minimum Gasteiger partial charge on any atom is -0.353 e. The SMILES string of the molecule is O=C(CCN1C(=O)CC(SC2CCCC2)C1=O)NC1CC(NC(=O)CCN2C(=O)CC(SC3CCC3)C2=O)C1. The van der Waals surface area contributed by atoms with Crippen molar-refractivity contribution in [2.45, 2.75) is 117 Å². The van der Waals surface area contributed by atoms with Crippen molar-refractivity contribution >= 4 is 59.0 Å². The molecule has 5 rings (SSSR count). The van der Waals surface area contributed by atoms with Crippen molar-refractivity contribution in [2.75, 3.05) is 13.1 Å². The molecule has 2 unspecified atom stereocenters. The summed E-state index contributed by atoms with van der Waals surface area (Å²) in [4.78, 5) is 77.1. The van der Waals surface area contributed by atoms with Crippen molar-refractivity contribution in [3.8, 4) is 0 Å². The Bertz CT molecular complexity index is 1010. The van der Waals surface area contributed by atoms with E-state index in [4.69, 9.17) is 0 Å². The van der Waals surface area contributed by atoms with Crippen LogP contribution in [0.3, 0.4) is 0 Å². The highest BCUT2D eigenvalue weighted by Gasteiger charge is 2.42. The van der Waals surface area contributed by atoms with E-state index in [1.54, 1.807) is 23.5 Å². The fraction of sp³-hybridized carbons (Fsp3) is 0.778. The highest BCUT2D eigenvalue weighted by Crippen LogP contribution is 2.38. The predicted molar refractivity (Wildman–Crippen MR) is 148 cm³/mol. The lowest BCUT2D eigenvalue weighted by Crippen LogP contribution is -2.54. The molecule has 2 heterocycles. The molecular formula is C27H38N4O6S2. The number of carbonyl (C=O) groups excluding carboxylic acids is 6. The Hall–Kier alpha value is -2.08. The molecule has 0 aromatic rings. The molecule has 0 aromatic carbocycles. The highest BCUT2D eigenvalue weighted by molar-refractivity contribution is 8.01. The Morgan fingerprint density at radius 2 is 1.08 bits per heavy atom. The quantitative estimate of drug-likeness (QED) is 0.335. The minimum atomic E-state index is -0.311. The second-order valence-corrected chi connectivity index (χ2v) is 14.4. The third-order valence-corrected chi connectivity index (χ3v) is 11.6. The molecule has 10 nitrogen and oxygen atoms in total. The average molecular weight is 579 g/mol. The van der Waals surface area contributed by atoms with Gasteiger partial charge in [0.25, 0.3) is 0 Å². The van der Waals surface area contributed by atoms with E-state index in [-0.39, 0.29) is 96.8 Å². The van der Waals surface area contributed by atoms with Crippen LogP contribution in [0.4, 0.5) is 0 Å². The van der Waals surface area contributed by atoms with E-state index >= 15 is 0 Å². The highest BCUT2D eigenvalue weighted by atomic mass is 32.2. The molecule has 0 radical (unpaired) electrons. The monoisotopic (exact) mass is 578 g/mol. The number of likely N-dealkylation sites (tertiary alicyclic amines) is 2. The second kappa shape index (κ2) is 12.6. The van der Waals surface area contributed by atoms with Crippen molar-refractivity contribution in [3.63, 3.8) is 0 Å². The summed E-state index contributed by atoms with van der Waals surface area (Å²) >= 11 is 3.23. The maximum Gasteiger partial charge on any atom is 0.242 e. The van der Waals surface area contributed by atoms with Gasteiger partial charge in [-0.3, -0.25) is 38.6 Å². The zero-order valence-corrected chi connectivity index (χ0v) is 23.9. The van der Waals surface area contributed by atoms with Crippen molar-refractivity contribution < 1.29 is 28.8 Å². The predicted octanol–water partition coefficient (Wildman–Crippen LogP) is 1.75. The van der Waals surface area contributed by atoms with Crippen molar-refractivity contribution in [2.24, 2.45) is 0 Å². The zero-order chi connectivity index (χ0) is 27.5. The summed E-state index contributed by atoms with van der Waals surface area (Å²) in [5.41, 5.74) is 0. The molecule has 6 amide bonds. The Morgan fingerprint density at radius 3 is 1.46 bits per heavy atom. The molecule has 2 N–H and O–H groups in total. The van der Waals surface area contributed by atoms with Gasteiger partial charge in [-0.25, -0.2) is 0 Å². The average Bonchev–Trinajstić information content (AvgIpc) is 3.52. The summed E-state index contributed by atoms with van der Waals surface area (Å²) in [6, 6.07) is -0.130. The Morgan fingerprint density at radius 1 is 0.667 bits per heavy atom. The molecule has 39 heavy (non-hydrogen) atoms. The summed E-state index contributed by atoms with van der Waals surface area (Å²) in [6.45, 7) is 0.206. The molecule has 2 saturated heterocycles. The van der Waals surface area contributed by atoms with Crippen LogP contribution in [0.25, 0.3) is 0 Å². The van der Waals surface area contributed by atoms with E-state index < -0.39 is 0 Å². The van der Waals surface area contributed by atoms with Gasteiger partial charge in [0.05, 0.1) is 10.5 Å². The summed E-state index contributed by atoms with van der Waals surface area (Å²) in [5, 5.41) is 6.15. The number of nitrogens with zero attached hydrogens (tertiary/aromatic N) is 2. The number of nitrogens with one attached hydrogen (secondary N) is 2. The first-order valence-electron chi connectivity index (χ1n) is 14.3. The Labute approximate surface area is 237 Å². The van der Waals surface area contributed by atoms with E-state index in [1.165, 1.54) is 29.1 Å². The van der Waals surface area contributed by atoms with Gasteiger partial charge >= 0.3 is 0 Å². The fourth-order valence-corrected chi connectivity index (χ4v) is 8.97. The topological polar surface area (TPSA) is 133 Å². The van der Waals surface area contributed by atoms with E-state index in [0.717, 1.165) is 25.7 Å². The number of rotatable bonds is 12. The van der Waals surface area contributed by atoms with Gasteiger partial charge in [-0.1, -0.05) is 19.3 Å². The minimum absolute atomic E-state index is 0.0650. The van der Waals surface area contributed by atoms with Gasteiger partial charge in [0.1, 0.15) is 0 Å². The number of carbonyl (C=O) groups is 6. The molecule has 0 aromatic heterocycles. The van der Waals surface area contributed by atoms with E-state index in [9.17, 15) is 28.8 Å². The van der Waals surface area contributed by atoms with Crippen molar-refractivity contribution in [1.82, 2.24) is 20.4 Å². The van der Waals surface area contributed by atoms with Crippen LogP contribution in [0.1, 0.15) is 83.5 Å². The lowest BCUT2D eigenvalue weighted by Gasteiger charge is -2.36. The molecule has 12 heteroatoms. The van der Waals surface area contributed by atoms with Crippen molar-refractivity contribution in [3.05, 3.63) is 0 Å². The fourth-order valence-electron chi connectivity index (χ4n) is 5.86. The van der Waals surface area contributed by atoms with Gasteiger partial charge in [-0.15, -0.1) is 23.5 Å². The number of hydrogen-bond acceptors (Lipinski definition) is 8. The summed E-state index contributed by atoms with van der Waals surface area (Å²) in [5.74, 6) is -1.15. The maximum absolute atomic E-state index is 12.7. The van der Waals surface area contributed by atoms with Gasteiger partial charge < -0.3 is 10.6 Å². The molecule has 214 valence electrons. The van der Waals surface area contributed by atoms with E-state index in [1.807, 2.05) is 0 Å².